The first-order valence-electron chi connectivity index (χ1n) is 12.4. The van der Waals surface area contributed by atoms with Crippen molar-refractivity contribution in [3.63, 3.8) is 0 Å². The molecular weight excluding hydrogens is 438 g/mol. The molecule has 0 saturated heterocycles. The molecule has 1 aromatic carbocycles. The van der Waals surface area contributed by atoms with Crippen molar-refractivity contribution in [2.45, 2.75) is 46.6 Å². The molecule has 1 aliphatic carbocycles. The minimum Gasteiger partial charge on any atom is -0.491 e. The highest BCUT2D eigenvalue weighted by Crippen LogP contribution is 2.39. The quantitative estimate of drug-likeness (QED) is 0.445. The van der Waals surface area contributed by atoms with E-state index in [1.165, 1.54) is 11.3 Å². The van der Waals surface area contributed by atoms with E-state index < -0.39 is 0 Å². The lowest BCUT2D eigenvalue weighted by Crippen LogP contribution is -2.31. The summed E-state index contributed by atoms with van der Waals surface area (Å²) in [7, 11) is 0. The van der Waals surface area contributed by atoms with E-state index in [4.69, 9.17) is 9.72 Å². The average Bonchev–Trinajstić information content (AvgIpc) is 3.12. The van der Waals surface area contributed by atoms with Gasteiger partial charge in [-0.25, -0.2) is 15.0 Å². The normalized spacial score (nSPS) is 16.8. The molecule has 0 bridgehead atoms. The second-order valence-electron chi connectivity index (χ2n) is 10.3. The molecule has 4 heterocycles. The number of aromatic nitrogens is 5. The number of nitrogens with zero attached hydrogens (tertiary/aromatic N) is 5. The number of anilines is 2. The SMILES string of the molecule is CCNc1nc2ncc(-c3ccc4c(c3)CN(c3ncnc5c3CC(C)(C)CC5)CCO4)cc2[nH]1. The fraction of sp³-hybridized carbons (Fsp3) is 0.407. The summed E-state index contributed by atoms with van der Waals surface area (Å²) < 4.78 is 6.15. The van der Waals surface area contributed by atoms with E-state index >= 15 is 0 Å². The van der Waals surface area contributed by atoms with Gasteiger partial charge in [0.2, 0.25) is 5.95 Å². The van der Waals surface area contributed by atoms with Gasteiger partial charge in [0.25, 0.3) is 0 Å². The van der Waals surface area contributed by atoms with Gasteiger partial charge in [-0.05, 0) is 55.4 Å². The van der Waals surface area contributed by atoms with Crippen molar-refractivity contribution in [1.82, 2.24) is 24.9 Å². The second kappa shape index (κ2) is 8.52. The zero-order chi connectivity index (χ0) is 24.0. The molecule has 8 nitrogen and oxygen atoms in total. The zero-order valence-corrected chi connectivity index (χ0v) is 20.6. The molecule has 4 aromatic rings. The van der Waals surface area contributed by atoms with Crippen LogP contribution in [0.5, 0.6) is 5.75 Å². The van der Waals surface area contributed by atoms with Crippen molar-refractivity contribution in [2.24, 2.45) is 5.41 Å². The average molecular weight is 470 g/mol. The highest BCUT2D eigenvalue weighted by molar-refractivity contribution is 5.80. The number of rotatable bonds is 4. The number of ether oxygens (including phenoxy) is 1. The summed E-state index contributed by atoms with van der Waals surface area (Å²) in [6.07, 6.45) is 6.80. The van der Waals surface area contributed by atoms with Crippen LogP contribution in [-0.2, 0) is 19.4 Å². The number of aromatic amines is 1. The van der Waals surface area contributed by atoms with Gasteiger partial charge < -0.3 is 19.9 Å². The van der Waals surface area contributed by atoms with Crippen LogP contribution < -0.4 is 15.0 Å². The summed E-state index contributed by atoms with van der Waals surface area (Å²) in [6.45, 7) is 9.70. The first kappa shape index (κ1) is 21.8. The summed E-state index contributed by atoms with van der Waals surface area (Å²) in [6, 6.07) is 8.51. The Bertz CT molecular complexity index is 1390. The zero-order valence-electron chi connectivity index (χ0n) is 20.6. The maximum absolute atomic E-state index is 6.15. The highest BCUT2D eigenvalue weighted by Gasteiger charge is 2.30. The van der Waals surface area contributed by atoms with Crippen LogP contribution in [0, 0.1) is 5.41 Å². The van der Waals surface area contributed by atoms with Crippen LogP contribution in [0.1, 0.15) is 44.0 Å². The highest BCUT2D eigenvalue weighted by atomic mass is 16.5. The van der Waals surface area contributed by atoms with E-state index in [1.807, 2.05) is 13.1 Å². The lowest BCUT2D eigenvalue weighted by Gasteiger charge is -2.33. The first-order valence-corrected chi connectivity index (χ1v) is 12.4. The molecule has 0 spiro atoms. The van der Waals surface area contributed by atoms with Crippen LogP contribution >= 0.6 is 0 Å². The molecule has 0 radical (unpaired) electrons. The summed E-state index contributed by atoms with van der Waals surface area (Å²) in [4.78, 5) is 24.1. The Morgan fingerprint density at radius 2 is 2.06 bits per heavy atom. The third-order valence-corrected chi connectivity index (χ3v) is 7.06. The van der Waals surface area contributed by atoms with Crippen molar-refractivity contribution in [2.75, 3.05) is 29.9 Å². The van der Waals surface area contributed by atoms with Gasteiger partial charge in [-0.1, -0.05) is 19.9 Å². The molecular formula is C27H31N7O. The molecule has 0 saturated carbocycles. The molecule has 6 rings (SSSR count). The third kappa shape index (κ3) is 4.17. The van der Waals surface area contributed by atoms with E-state index in [1.54, 1.807) is 6.33 Å². The number of hydrogen-bond acceptors (Lipinski definition) is 7. The van der Waals surface area contributed by atoms with Gasteiger partial charge in [-0.15, -0.1) is 0 Å². The van der Waals surface area contributed by atoms with Crippen molar-refractivity contribution < 1.29 is 4.74 Å². The number of imidazole rings is 1. The number of aryl methyl sites for hydroxylation is 1. The number of H-pyrrole nitrogens is 1. The van der Waals surface area contributed by atoms with Crippen LogP contribution in [0.15, 0.2) is 36.8 Å². The smallest absolute Gasteiger partial charge is 0.202 e. The standard InChI is InChI=1S/C27H31N7O/c1-4-28-26-32-22-12-18(14-29-24(22)33-26)17-5-6-23-19(11-17)15-34(9-10-35-23)25-20-13-27(2,3)8-7-21(20)30-16-31-25/h5-6,11-12,14,16H,4,7-10,13,15H2,1-3H3,(H2,28,29,32,33). The fourth-order valence-electron chi connectivity index (χ4n) is 5.19. The summed E-state index contributed by atoms with van der Waals surface area (Å²) in [5, 5.41) is 3.21. The maximum Gasteiger partial charge on any atom is 0.202 e. The summed E-state index contributed by atoms with van der Waals surface area (Å²) in [5.74, 6) is 2.74. The predicted octanol–water partition coefficient (Wildman–Crippen LogP) is 4.76. The van der Waals surface area contributed by atoms with E-state index in [0.717, 1.165) is 78.6 Å². The van der Waals surface area contributed by atoms with Crippen LogP contribution in [0.25, 0.3) is 22.3 Å². The minimum atomic E-state index is 0.269. The van der Waals surface area contributed by atoms with Crippen molar-refractivity contribution in [3.05, 3.63) is 53.6 Å². The molecule has 0 amide bonds. The minimum absolute atomic E-state index is 0.269. The van der Waals surface area contributed by atoms with Crippen LogP contribution in [0.2, 0.25) is 0 Å². The van der Waals surface area contributed by atoms with Crippen LogP contribution in [0.4, 0.5) is 11.8 Å². The van der Waals surface area contributed by atoms with Crippen molar-refractivity contribution >= 4 is 22.9 Å². The molecule has 0 atom stereocenters. The maximum atomic E-state index is 6.15. The third-order valence-electron chi connectivity index (χ3n) is 7.06. The predicted molar refractivity (Wildman–Crippen MR) is 138 cm³/mol. The Morgan fingerprint density at radius 1 is 1.14 bits per heavy atom. The molecule has 35 heavy (non-hydrogen) atoms. The monoisotopic (exact) mass is 469 g/mol. The fourth-order valence-corrected chi connectivity index (χ4v) is 5.19. The molecule has 2 N–H and O–H groups in total. The Labute approximate surface area is 205 Å². The Morgan fingerprint density at radius 3 is 2.94 bits per heavy atom. The van der Waals surface area contributed by atoms with Gasteiger partial charge in [-0.2, -0.15) is 4.98 Å². The van der Waals surface area contributed by atoms with Crippen molar-refractivity contribution in [3.8, 4) is 16.9 Å². The molecule has 1 aliphatic heterocycles. The molecule has 0 fully saturated rings. The number of fused-ring (bicyclic) bond motifs is 3. The molecule has 2 aliphatic rings. The van der Waals surface area contributed by atoms with E-state index in [2.05, 4.69) is 68.3 Å². The molecule has 3 aromatic heterocycles. The van der Waals surface area contributed by atoms with Gasteiger partial charge in [0.1, 0.15) is 24.5 Å². The first-order chi connectivity index (χ1) is 17.0. The van der Waals surface area contributed by atoms with E-state index in [9.17, 15) is 0 Å². The van der Waals surface area contributed by atoms with Gasteiger partial charge >= 0.3 is 0 Å². The molecule has 180 valence electrons. The van der Waals surface area contributed by atoms with Crippen LogP contribution in [-0.4, -0.2) is 44.6 Å². The summed E-state index contributed by atoms with van der Waals surface area (Å²) >= 11 is 0. The van der Waals surface area contributed by atoms with Gasteiger partial charge in [0, 0.05) is 41.7 Å². The summed E-state index contributed by atoms with van der Waals surface area (Å²) in [5.41, 5.74) is 7.70. The van der Waals surface area contributed by atoms with Crippen LogP contribution in [0.3, 0.4) is 0 Å². The van der Waals surface area contributed by atoms with E-state index in [-0.39, 0.29) is 5.41 Å². The van der Waals surface area contributed by atoms with E-state index in [0.29, 0.717) is 12.3 Å². The lowest BCUT2D eigenvalue weighted by atomic mass is 9.76. The Kier molecular flexibility index (Phi) is 5.31. The number of nitrogens with one attached hydrogen (secondary N) is 2. The lowest BCUT2D eigenvalue weighted by molar-refractivity contribution is 0.310. The van der Waals surface area contributed by atoms with Gasteiger partial charge in [0.05, 0.1) is 12.1 Å². The molecule has 8 heteroatoms. The number of pyridine rings is 1. The van der Waals surface area contributed by atoms with Crippen molar-refractivity contribution in [1.29, 1.82) is 0 Å². The Balaban J connectivity index is 1.33. The molecule has 0 unspecified atom stereocenters. The largest absolute Gasteiger partial charge is 0.491 e. The Hall–Kier alpha value is -3.68. The second-order valence-corrected chi connectivity index (χ2v) is 10.3. The van der Waals surface area contributed by atoms with Gasteiger partial charge in [0.15, 0.2) is 5.65 Å². The topological polar surface area (TPSA) is 91.9 Å². The van der Waals surface area contributed by atoms with Gasteiger partial charge in [-0.3, -0.25) is 0 Å². The number of benzene rings is 1. The number of hydrogen-bond donors (Lipinski definition) is 2.